The number of nitrogens with one attached hydrogen (secondary N) is 1. The fraction of sp³-hybridized carbons (Fsp3) is 0.188. The standard InChI is InChI=1S/C16H16FNO3/c1-20-15(12-4-2-5-13(17)10-12)11-18-16(19)8-7-14-6-3-9-21-14/h2-10,15H,11H2,1H3,(H,18,19)/b8-7+. The molecule has 2 rings (SSSR count). The van der Waals surface area contributed by atoms with Crippen molar-refractivity contribution in [3.63, 3.8) is 0 Å². The number of halogens is 1. The molecule has 1 aromatic heterocycles. The van der Waals surface area contributed by atoms with Crippen LogP contribution in [-0.4, -0.2) is 19.6 Å². The Bertz CT molecular complexity index is 608. The van der Waals surface area contributed by atoms with Crippen molar-refractivity contribution in [2.24, 2.45) is 0 Å². The Hall–Kier alpha value is -2.40. The van der Waals surface area contributed by atoms with Crippen LogP contribution in [0.15, 0.2) is 53.2 Å². The van der Waals surface area contributed by atoms with Crippen molar-refractivity contribution in [2.75, 3.05) is 13.7 Å². The quantitative estimate of drug-likeness (QED) is 0.832. The lowest BCUT2D eigenvalue weighted by Gasteiger charge is -2.16. The van der Waals surface area contributed by atoms with Crippen LogP contribution in [0.25, 0.3) is 6.08 Å². The van der Waals surface area contributed by atoms with Crippen molar-refractivity contribution in [1.29, 1.82) is 0 Å². The molecule has 1 aromatic carbocycles. The van der Waals surface area contributed by atoms with Crippen LogP contribution < -0.4 is 5.32 Å². The van der Waals surface area contributed by atoms with Crippen LogP contribution >= 0.6 is 0 Å². The summed E-state index contributed by atoms with van der Waals surface area (Å²) in [5, 5.41) is 2.70. The summed E-state index contributed by atoms with van der Waals surface area (Å²) in [4.78, 5) is 11.7. The van der Waals surface area contributed by atoms with E-state index in [4.69, 9.17) is 9.15 Å². The molecule has 0 spiro atoms. The first kappa shape index (κ1) is 15.0. The molecule has 1 heterocycles. The van der Waals surface area contributed by atoms with Gasteiger partial charge in [-0.2, -0.15) is 0 Å². The normalized spacial score (nSPS) is 12.5. The van der Waals surface area contributed by atoms with Gasteiger partial charge in [0.1, 0.15) is 11.6 Å². The van der Waals surface area contributed by atoms with E-state index in [9.17, 15) is 9.18 Å². The third kappa shape index (κ3) is 4.57. The SMILES string of the molecule is COC(CNC(=O)/C=C/c1ccco1)c1cccc(F)c1. The second-order valence-corrected chi connectivity index (χ2v) is 4.37. The van der Waals surface area contributed by atoms with Crippen molar-refractivity contribution in [2.45, 2.75) is 6.10 Å². The van der Waals surface area contributed by atoms with Crippen LogP contribution in [0.4, 0.5) is 4.39 Å². The van der Waals surface area contributed by atoms with Crippen molar-refractivity contribution in [3.05, 3.63) is 65.9 Å². The third-order valence-corrected chi connectivity index (χ3v) is 2.91. The van der Waals surface area contributed by atoms with Crippen LogP contribution in [0.1, 0.15) is 17.4 Å². The molecule has 0 aliphatic carbocycles. The van der Waals surface area contributed by atoms with E-state index in [1.54, 1.807) is 30.3 Å². The van der Waals surface area contributed by atoms with Crippen molar-refractivity contribution < 1.29 is 18.3 Å². The minimum absolute atomic E-state index is 0.251. The lowest BCUT2D eigenvalue weighted by molar-refractivity contribution is -0.117. The van der Waals surface area contributed by atoms with Gasteiger partial charge in [0.2, 0.25) is 5.91 Å². The first-order valence-corrected chi connectivity index (χ1v) is 6.46. The molecule has 4 nitrogen and oxygen atoms in total. The number of carbonyl (C=O) groups is 1. The topological polar surface area (TPSA) is 51.5 Å². The number of benzene rings is 1. The maximum absolute atomic E-state index is 13.2. The zero-order chi connectivity index (χ0) is 15.1. The van der Waals surface area contributed by atoms with Crippen LogP contribution in [0.5, 0.6) is 0 Å². The molecule has 1 amide bonds. The molecular formula is C16H16FNO3. The first-order valence-electron chi connectivity index (χ1n) is 6.46. The molecule has 0 aliphatic rings. The van der Waals surface area contributed by atoms with E-state index in [-0.39, 0.29) is 18.3 Å². The highest BCUT2D eigenvalue weighted by atomic mass is 19.1. The molecule has 0 aliphatic heterocycles. The van der Waals surface area contributed by atoms with Crippen LogP contribution in [0, 0.1) is 5.82 Å². The van der Waals surface area contributed by atoms with Crippen LogP contribution in [0.2, 0.25) is 0 Å². The monoisotopic (exact) mass is 289 g/mol. The van der Waals surface area contributed by atoms with Gasteiger partial charge in [-0.3, -0.25) is 4.79 Å². The van der Waals surface area contributed by atoms with E-state index in [1.807, 2.05) is 0 Å². The number of ether oxygens (including phenoxy) is 1. The summed E-state index contributed by atoms with van der Waals surface area (Å²) >= 11 is 0. The number of methoxy groups -OCH3 is 1. The van der Waals surface area contributed by atoms with E-state index in [0.717, 1.165) is 0 Å². The molecule has 0 radical (unpaired) electrons. The lowest BCUT2D eigenvalue weighted by atomic mass is 10.1. The predicted molar refractivity (Wildman–Crippen MR) is 76.9 cm³/mol. The lowest BCUT2D eigenvalue weighted by Crippen LogP contribution is -2.27. The summed E-state index contributed by atoms with van der Waals surface area (Å²) in [5.74, 6) is -0.0120. The van der Waals surface area contributed by atoms with Crippen LogP contribution in [0.3, 0.4) is 0 Å². The Morgan fingerprint density at radius 3 is 2.95 bits per heavy atom. The molecule has 0 bridgehead atoms. The van der Waals surface area contributed by atoms with Gasteiger partial charge in [-0.15, -0.1) is 0 Å². The number of furan rings is 1. The van der Waals surface area contributed by atoms with Crippen LogP contribution in [-0.2, 0) is 9.53 Å². The third-order valence-electron chi connectivity index (χ3n) is 2.91. The summed E-state index contributed by atoms with van der Waals surface area (Å²) in [6.07, 6.45) is 4.07. The number of rotatable bonds is 6. The summed E-state index contributed by atoms with van der Waals surface area (Å²) in [6, 6.07) is 9.59. The highest BCUT2D eigenvalue weighted by Gasteiger charge is 2.11. The van der Waals surface area contributed by atoms with Crippen molar-refractivity contribution in [1.82, 2.24) is 5.32 Å². The van der Waals surface area contributed by atoms with E-state index < -0.39 is 6.10 Å². The second-order valence-electron chi connectivity index (χ2n) is 4.37. The summed E-state index contributed by atoms with van der Waals surface area (Å²) in [6.45, 7) is 0.251. The van der Waals surface area contributed by atoms with Gasteiger partial charge >= 0.3 is 0 Å². The molecule has 21 heavy (non-hydrogen) atoms. The Morgan fingerprint density at radius 2 is 2.29 bits per heavy atom. The van der Waals surface area contributed by atoms with Gasteiger partial charge in [0, 0.05) is 19.7 Å². The van der Waals surface area contributed by atoms with Gasteiger partial charge in [-0.25, -0.2) is 4.39 Å². The first-order chi connectivity index (χ1) is 10.2. The fourth-order valence-electron chi connectivity index (χ4n) is 1.84. The number of carbonyl (C=O) groups excluding carboxylic acids is 1. The maximum atomic E-state index is 13.2. The largest absolute Gasteiger partial charge is 0.465 e. The molecule has 0 saturated carbocycles. The van der Waals surface area contributed by atoms with Gasteiger partial charge in [0.05, 0.1) is 12.4 Å². The molecule has 0 saturated heterocycles. The summed E-state index contributed by atoms with van der Waals surface area (Å²) in [7, 11) is 1.51. The van der Waals surface area contributed by atoms with E-state index in [2.05, 4.69) is 5.32 Å². The van der Waals surface area contributed by atoms with E-state index in [1.165, 1.54) is 31.6 Å². The minimum Gasteiger partial charge on any atom is -0.465 e. The Balaban J connectivity index is 1.89. The average Bonchev–Trinajstić information content (AvgIpc) is 2.99. The fourth-order valence-corrected chi connectivity index (χ4v) is 1.84. The van der Waals surface area contributed by atoms with Gasteiger partial charge in [0.15, 0.2) is 0 Å². The number of hydrogen-bond donors (Lipinski definition) is 1. The second kappa shape index (κ2) is 7.40. The zero-order valence-corrected chi connectivity index (χ0v) is 11.6. The Labute approximate surface area is 122 Å². The minimum atomic E-state index is -0.401. The molecule has 1 atom stereocenters. The molecule has 110 valence electrons. The summed E-state index contributed by atoms with van der Waals surface area (Å²) < 4.78 is 23.5. The zero-order valence-electron chi connectivity index (χ0n) is 11.6. The molecule has 0 fully saturated rings. The Kier molecular flexibility index (Phi) is 5.29. The van der Waals surface area contributed by atoms with E-state index in [0.29, 0.717) is 11.3 Å². The highest BCUT2D eigenvalue weighted by molar-refractivity contribution is 5.91. The maximum Gasteiger partial charge on any atom is 0.244 e. The van der Waals surface area contributed by atoms with Gasteiger partial charge in [-0.1, -0.05) is 12.1 Å². The molecular weight excluding hydrogens is 273 g/mol. The smallest absolute Gasteiger partial charge is 0.244 e. The van der Waals surface area contributed by atoms with E-state index >= 15 is 0 Å². The molecule has 1 unspecified atom stereocenters. The van der Waals surface area contributed by atoms with Gasteiger partial charge in [0.25, 0.3) is 0 Å². The predicted octanol–water partition coefficient (Wildman–Crippen LogP) is 2.94. The highest BCUT2D eigenvalue weighted by Crippen LogP contribution is 2.16. The molecule has 5 heteroatoms. The number of amides is 1. The van der Waals surface area contributed by atoms with Crippen molar-refractivity contribution >= 4 is 12.0 Å². The Morgan fingerprint density at radius 1 is 1.43 bits per heavy atom. The average molecular weight is 289 g/mol. The van der Waals surface area contributed by atoms with Crippen molar-refractivity contribution in [3.8, 4) is 0 Å². The number of hydrogen-bond acceptors (Lipinski definition) is 3. The van der Waals surface area contributed by atoms with Gasteiger partial charge in [-0.05, 0) is 35.9 Å². The summed E-state index contributed by atoms with van der Waals surface area (Å²) in [5.41, 5.74) is 0.674. The van der Waals surface area contributed by atoms with Gasteiger partial charge < -0.3 is 14.5 Å². The molecule has 2 aromatic rings. The molecule has 1 N–H and O–H groups in total.